The molecule has 2 saturated carbocycles. The van der Waals surface area contributed by atoms with E-state index in [4.69, 9.17) is 10.00 Å². The lowest BCUT2D eigenvalue weighted by atomic mass is 9.68. The molecule has 5 unspecified atom stereocenters. The highest BCUT2D eigenvalue weighted by Gasteiger charge is 2.50. The van der Waals surface area contributed by atoms with Gasteiger partial charge in [-0.25, -0.2) is 0 Å². The zero-order valence-corrected chi connectivity index (χ0v) is 15.0. The molecule has 124 valence electrons. The van der Waals surface area contributed by atoms with Gasteiger partial charge in [-0.3, -0.25) is 4.79 Å². The van der Waals surface area contributed by atoms with E-state index in [2.05, 4.69) is 47.6 Å². The molecule has 2 aliphatic carbocycles. The molecule has 0 radical (unpaired) electrons. The van der Waals surface area contributed by atoms with Gasteiger partial charge in [0.25, 0.3) is 0 Å². The van der Waals surface area contributed by atoms with Crippen LogP contribution in [0.3, 0.4) is 0 Å². The van der Waals surface area contributed by atoms with Crippen molar-refractivity contribution in [3.05, 3.63) is 0 Å². The zero-order chi connectivity index (χ0) is 16.7. The lowest BCUT2D eigenvalue weighted by molar-refractivity contribution is -0.168. The van der Waals surface area contributed by atoms with Gasteiger partial charge in [0.2, 0.25) is 0 Å². The first-order valence-electron chi connectivity index (χ1n) is 8.67. The van der Waals surface area contributed by atoms with Crippen LogP contribution in [0.25, 0.3) is 0 Å². The van der Waals surface area contributed by atoms with Gasteiger partial charge in [0, 0.05) is 5.92 Å². The summed E-state index contributed by atoms with van der Waals surface area (Å²) in [5, 5.41) is 9.13. The van der Waals surface area contributed by atoms with E-state index >= 15 is 0 Å². The van der Waals surface area contributed by atoms with Crippen molar-refractivity contribution in [2.75, 3.05) is 0 Å². The first-order valence-corrected chi connectivity index (χ1v) is 8.67. The van der Waals surface area contributed by atoms with Crippen LogP contribution in [0.4, 0.5) is 0 Å². The van der Waals surface area contributed by atoms with Gasteiger partial charge in [0.15, 0.2) is 0 Å². The molecule has 2 aliphatic rings. The fraction of sp³-hybridized carbons (Fsp3) is 0.895. The van der Waals surface area contributed by atoms with Crippen LogP contribution in [-0.2, 0) is 9.53 Å². The Hall–Kier alpha value is -1.04. The average molecular weight is 305 g/mol. The molecule has 0 heterocycles. The van der Waals surface area contributed by atoms with Crippen LogP contribution in [0.1, 0.15) is 67.2 Å². The van der Waals surface area contributed by atoms with Gasteiger partial charge in [-0.05, 0) is 55.8 Å². The quantitative estimate of drug-likeness (QED) is 0.715. The number of rotatable bonds is 4. The Balaban J connectivity index is 2.03. The van der Waals surface area contributed by atoms with Crippen molar-refractivity contribution in [2.24, 2.45) is 34.5 Å². The molecule has 0 aromatic rings. The second kappa shape index (κ2) is 5.87. The molecule has 3 heteroatoms. The molecule has 0 amide bonds. The van der Waals surface area contributed by atoms with Crippen molar-refractivity contribution in [3.8, 4) is 6.07 Å². The Morgan fingerprint density at radius 1 is 1.18 bits per heavy atom. The van der Waals surface area contributed by atoms with E-state index in [1.54, 1.807) is 0 Å². The third-order valence-corrected chi connectivity index (χ3v) is 5.85. The first kappa shape index (κ1) is 17.3. The summed E-state index contributed by atoms with van der Waals surface area (Å²) in [6.45, 7) is 12.8. The van der Waals surface area contributed by atoms with Crippen molar-refractivity contribution < 1.29 is 9.53 Å². The van der Waals surface area contributed by atoms with Crippen LogP contribution < -0.4 is 0 Å². The van der Waals surface area contributed by atoms with E-state index in [9.17, 15) is 4.79 Å². The zero-order valence-electron chi connectivity index (χ0n) is 15.0. The number of hydrogen-bond acceptors (Lipinski definition) is 3. The second-order valence-electron chi connectivity index (χ2n) is 9.22. The van der Waals surface area contributed by atoms with Gasteiger partial charge in [-0.2, -0.15) is 5.26 Å². The number of hydrogen-bond donors (Lipinski definition) is 0. The highest BCUT2D eigenvalue weighted by Crippen LogP contribution is 2.50. The topological polar surface area (TPSA) is 50.1 Å². The standard InChI is InChI=1S/C19H31NO2/c1-12(2)19(6,11-18(3,4)5)17(21)22-16-9-13-7-14(16)8-15(13)10-20/h12-16H,7-9,11H2,1-6H3. The molecule has 22 heavy (non-hydrogen) atoms. The lowest BCUT2D eigenvalue weighted by Crippen LogP contribution is -2.41. The monoisotopic (exact) mass is 305 g/mol. The highest BCUT2D eigenvalue weighted by atomic mass is 16.5. The summed E-state index contributed by atoms with van der Waals surface area (Å²) in [4.78, 5) is 12.9. The number of nitrogens with zero attached hydrogens (tertiary/aromatic N) is 1. The third kappa shape index (κ3) is 3.31. The lowest BCUT2D eigenvalue weighted by Gasteiger charge is -2.38. The fourth-order valence-electron chi connectivity index (χ4n) is 4.41. The molecule has 0 aliphatic heterocycles. The Labute approximate surface area is 135 Å². The van der Waals surface area contributed by atoms with Crippen LogP contribution in [0.2, 0.25) is 0 Å². The van der Waals surface area contributed by atoms with Gasteiger partial charge < -0.3 is 4.74 Å². The third-order valence-electron chi connectivity index (χ3n) is 5.85. The molecule has 3 nitrogen and oxygen atoms in total. The van der Waals surface area contributed by atoms with E-state index in [-0.39, 0.29) is 29.3 Å². The number of nitriles is 1. The van der Waals surface area contributed by atoms with Crippen molar-refractivity contribution in [1.82, 2.24) is 0 Å². The first-order chi connectivity index (χ1) is 10.1. The van der Waals surface area contributed by atoms with Crippen LogP contribution in [0.15, 0.2) is 0 Å². The number of ether oxygens (including phenoxy) is 1. The number of esters is 1. The minimum Gasteiger partial charge on any atom is -0.462 e. The molecule has 2 rings (SSSR count). The molecule has 0 N–H and O–H groups in total. The van der Waals surface area contributed by atoms with E-state index < -0.39 is 5.41 Å². The van der Waals surface area contributed by atoms with Crippen LogP contribution in [-0.4, -0.2) is 12.1 Å². The molecule has 2 fully saturated rings. The molecule has 0 saturated heterocycles. The Kier molecular flexibility index (Phi) is 4.62. The van der Waals surface area contributed by atoms with Crippen molar-refractivity contribution in [1.29, 1.82) is 5.26 Å². The highest BCUT2D eigenvalue weighted by molar-refractivity contribution is 5.77. The predicted molar refractivity (Wildman–Crippen MR) is 86.8 cm³/mol. The molecular formula is C19H31NO2. The molecule has 0 aromatic heterocycles. The van der Waals surface area contributed by atoms with Gasteiger partial charge in [-0.1, -0.05) is 34.6 Å². The van der Waals surface area contributed by atoms with Crippen molar-refractivity contribution in [3.63, 3.8) is 0 Å². The minimum absolute atomic E-state index is 0.0384. The summed E-state index contributed by atoms with van der Waals surface area (Å²) < 4.78 is 5.96. The summed E-state index contributed by atoms with van der Waals surface area (Å²) in [5.74, 6) is 1.25. The van der Waals surface area contributed by atoms with Gasteiger partial charge >= 0.3 is 5.97 Å². The Morgan fingerprint density at radius 3 is 2.23 bits per heavy atom. The van der Waals surface area contributed by atoms with Gasteiger partial charge in [0.05, 0.1) is 11.5 Å². The van der Waals surface area contributed by atoms with E-state index in [1.807, 2.05) is 0 Å². The molecule has 2 bridgehead atoms. The molecular weight excluding hydrogens is 274 g/mol. The summed E-state index contributed by atoms with van der Waals surface area (Å²) in [7, 11) is 0. The van der Waals surface area contributed by atoms with E-state index in [1.165, 1.54) is 0 Å². The SMILES string of the molecule is CC(C)C(C)(CC(C)(C)C)C(=O)OC1CC2CC1CC2C#N. The number of carbonyl (C=O) groups is 1. The van der Waals surface area contributed by atoms with Crippen LogP contribution in [0.5, 0.6) is 0 Å². The predicted octanol–water partition coefficient (Wildman–Crippen LogP) is 4.57. The summed E-state index contributed by atoms with van der Waals surface area (Å²) >= 11 is 0. The largest absolute Gasteiger partial charge is 0.462 e. The average Bonchev–Trinajstić information content (AvgIpc) is 2.95. The number of carbonyl (C=O) groups excluding carboxylic acids is 1. The minimum atomic E-state index is -0.436. The summed E-state index contributed by atoms with van der Waals surface area (Å²) in [6, 6.07) is 2.41. The van der Waals surface area contributed by atoms with Crippen molar-refractivity contribution >= 4 is 5.97 Å². The maximum atomic E-state index is 12.9. The Morgan fingerprint density at radius 2 is 1.82 bits per heavy atom. The van der Waals surface area contributed by atoms with E-state index in [0.717, 1.165) is 25.7 Å². The number of fused-ring (bicyclic) bond motifs is 2. The second-order valence-corrected chi connectivity index (χ2v) is 9.22. The normalized spacial score (nSPS) is 33.5. The molecule has 5 atom stereocenters. The van der Waals surface area contributed by atoms with Crippen molar-refractivity contribution in [2.45, 2.75) is 73.3 Å². The summed E-state index contributed by atoms with van der Waals surface area (Å²) in [6.07, 6.45) is 3.74. The van der Waals surface area contributed by atoms with Crippen LogP contribution in [0, 0.1) is 45.8 Å². The maximum absolute atomic E-state index is 12.9. The summed E-state index contributed by atoms with van der Waals surface area (Å²) in [5.41, 5.74) is -0.340. The van der Waals surface area contributed by atoms with Crippen LogP contribution >= 0.6 is 0 Å². The smallest absolute Gasteiger partial charge is 0.312 e. The fourth-order valence-corrected chi connectivity index (χ4v) is 4.41. The van der Waals surface area contributed by atoms with Gasteiger partial charge in [-0.15, -0.1) is 0 Å². The maximum Gasteiger partial charge on any atom is 0.312 e. The Bertz CT molecular complexity index is 471. The van der Waals surface area contributed by atoms with Gasteiger partial charge in [0.1, 0.15) is 6.10 Å². The van der Waals surface area contributed by atoms with E-state index in [0.29, 0.717) is 11.8 Å². The molecule has 0 aromatic carbocycles. The molecule has 0 spiro atoms.